The van der Waals surface area contributed by atoms with E-state index in [9.17, 15) is 9.59 Å². The van der Waals surface area contributed by atoms with Crippen LogP contribution in [0.25, 0.3) is 0 Å². The molecular weight excluding hydrogens is 360 g/mol. The zero-order valence-corrected chi connectivity index (χ0v) is 15.1. The number of carbonyl (C=O) groups is 1. The van der Waals surface area contributed by atoms with Crippen molar-refractivity contribution < 1.29 is 9.53 Å². The number of para-hydroxylation sites is 1. The van der Waals surface area contributed by atoms with E-state index in [4.69, 9.17) is 4.74 Å². The highest BCUT2D eigenvalue weighted by Gasteiger charge is 2.09. The molecule has 3 rings (SSSR count). The number of benzene rings is 1. The third-order valence-electron chi connectivity index (χ3n) is 3.69. The van der Waals surface area contributed by atoms with Gasteiger partial charge in [0.1, 0.15) is 23.9 Å². The molecule has 2 aromatic heterocycles. The quantitative estimate of drug-likeness (QED) is 0.532. The van der Waals surface area contributed by atoms with Crippen LogP contribution in [0.2, 0.25) is 0 Å². The lowest BCUT2D eigenvalue weighted by Crippen LogP contribution is -2.33. The van der Waals surface area contributed by atoms with Crippen LogP contribution in [0.4, 0.5) is 5.82 Å². The molecule has 0 spiro atoms. The van der Waals surface area contributed by atoms with Gasteiger partial charge in [-0.15, -0.1) is 0 Å². The Morgan fingerprint density at radius 3 is 2.71 bits per heavy atom. The summed E-state index contributed by atoms with van der Waals surface area (Å²) in [5, 5.41) is 9.88. The van der Waals surface area contributed by atoms with Crippen LogP contribution >= 0.6 is 0 Å². The molecular formula is C19H20N6O3. The number of hydrogen-bond donors (Lipinski definition) is 2. The first-order valence-electron chi connectivity index (χ1n) is 8.76. The van der Waals surface area contributed by atoms with E-state index in [-0.39, 0.29) is 30.3 Å². The molecule has 0 radical (unpaired) electrons. The number of anilines is 1. The number of carbonyl (C=O) groups excluding carboxylic acids is 1. The minimum Gasteiger partial charge on any atom is -0.492 e. The van der Waals surface area contributed by atoms with E-state index in [0.29, 0.717) is 24.7 Å². The summed E-state index contributed by atoms with van der Waals surface area (Å²) >= 11 is 0. The lowest BCUT2D eigenvalue weighted by atomic mass is 10.3. The number of rotatable bonds is 9. The smallest absolute Gasteiger partial charge is 0.271 e. The van der Waals surface area contributed by atoms with Gasteiger partial charge in [-0.25, -0.2) is 9.67 Å². The number of nitrogens with one attached hydrogen (secondary N) is 2. The summed E-state index contributed by atoms with van der Waals surface area (Å²) in [4.78, 5) is 32.2. The molecule has 0 unspecified atom stereocenters. The molecule has 2 N–H and O–H groups in total. The molecule has 9 heteroatoms. The minimum absolute atomic E-state index is 0.166. The second kappa shape index (κ2) is 9.81. The van der Waals surface area contributed by atoms with E-state index in [1.807, 2.05) is 30.3 Å². The van der Waals surface area contributed by atoms with Crippen molar-refractivity contribution >= 4 is 11.7 Å². The largest absolute Gasteiger partial charge is 0.492 e. The topological polar surface area (TPSA) is 111 Å². The predicted molar refractivity (Wildman–Crippen MR) is 103 cm³/mol. The zero-order chi connectivity index (χ0) is 19.6. The van der Waals surface area contributed by atoms with Crippen molar-refractivity contribution in [2.24, 2.45) is 0 Å². The van der Waals surface area contributed by atoms with Crippen LogP contribution in [0, 0.1) is 0 Å². The normalized spacial score (nSPS) is 10.3. The molecule has 0 aliphatic heterocycles. The highest BCUT2D eigenvalue weighted by molar-refractivity contribution is 5.91. The molecule has 0 saturated heterocycles. The average Bonchev–Trinajstić information content (AvgIpc) is 2.74. The standard InChI is InChI=1S/C19H20N6O3/c26-18-7-6-16(19(27)23-11-10-22-17-14-20-8-9-21-17)24-25(18)12-13-28-15-4-2-1-3-5-15/h1-9,14H,10-13H2,(H,21,22)(H,23,27). The minimum atomic E-state index is -0.362. The Kier molecular flexibility index (Phi) is 6.67. The Balaban J connectivity index is 1.48. The highest BCUT2D eigenvalue weighted by Crippen LogP contribution is 2.07. The number of aromatic nitrogens is 4. The van der Waals surface area contributed by atoms with Crippen LogP contribution in [0.1, 0.15) is 10.5 Å². The summed E-state index contributed by atoms with van der Waals surface area (Å²) in [5.74, 6) is 0.973. The van der Waals surface area contributed by atoms with E-state index in [1.165, 1.54) is 16.8 Å². The van der Waals surface area contributed by atoms with Gasteiger partial charge in [0.15, 0.2) is 0 Å². The first kappa shape index (κ1) is 19.0. The first-order chi connectivity index (χ1) is 13.7. The third-order valence-corrected chi connectivity index (χ3v) is 3.69. The van der Waals surface area contributed by atoms with Crippen molar-refractivity contribution in [1.29, 1.82) is 0 Å². The Bertz CT molecular complexity index is 947. The maximum Gasteiger partial charge on any atom is 0.271 e. The van der Waals surface area contributed by atoms with Crippen molar-refractivity contribution in [1.82, 2.24) is 25.1 Å². The molecule has 144 valence electrons. The van der Waals surface area contributed by atoms with Gasteiger partial charge in [0, 0.05) is 31.5 Å². The fourth-order valence-electron chi connectivity index (χ4n) is 2.34. The molecule has 1 amide bonds. The number of amides is 1. The van der Waals surface area contributed by atoms with E-state index < -0.39 is 0 Å². The van der Waals surface area contributed by atoms with Gasteiger partial charge < -0.3 is 15.4 Å². The summed E-state index contributed by atoms with van der Waals surface area (Å²) in [6.07, 6.45) is 4.75. The van der Waals surface area contributed by atoms with Crippen LogP contribution in [-0.2, 0) is 6.54 Å². The molecule has 0 aliphatic rings. The van der Waals surface area contributed by atoms with Crippen molar-refractivity contribution in [3.63, 3.8) is 0 Å². The van der Waals surface area contributed by atoms with Crippen LogP contribution in [0.3, 0.4) is 0 Å². The van der Waals surface area contributed by atoms with Gasteiger partial charge in [-0.2, -0.15) is 5.10 Å². The van der Waals surface area contributed by atoms with Gasteiger partial charge in [0.05, 0.1) is 12.7 Å². The third kappa shape index (κ3) is 5.63. The second-order valence-electron chi connectivity index (χ2n) is 5.71. The summed E-state index contributed by atoms with van der Waals surface area (Å²) in [6, 6.07) is 12.0. The van der Waals surface area contributed by atoms with Crippen LogP contribution in [-0.4, -0.2) is 45.4 Å². The van der Waals surface area contributed by atoms with Gasteiger partial charge in [-0.05, 0) is 18.2 Å². The number of nitrogens with zero attached hydrogens (tertiary/aromatic N) is 4. The lowest BCUT2D eigenvalue weighted by Gasteiger charge is -2.09. The maximum absolute atomic E-state index is 12.2. The fourth-order valence-corrected chi connectivity index (χ4v) is 2.34. The molecule has 0 atom stereocenters. The lowest BCUT2D eigenvalue weighted by molar-refractivity contribution is 0.0947. The predicted octanol–water partition coefficient (Wildman–Crippen LogP) is 0.954. The average molecular weight is 380 g/mol. The molecule has 9 nitrogen and oxygen atoms in total. The zero-order valence-electron chi connectivity index (χ0n) is 15.1. The van der Waals surface area contributed by atoms with Crippen LogP contribution < -0.4 is 20.9 Å². The molecule has 0 aliphatic carbocycles. The van der Waals surface area contributed by atoms with Crippen molar-refractivity contribution in [2.75, 3.05) is 25.0 Å². The van der Waals surface area contributed by atoms with Crippen LogP contribution in [0.15, 0.2) is 65.8 Å². The van der Waals surface area contributed by atoms with E-state index in [0.717, 1.165) is 0 Å². The molecule has 0 bridgehead atoms. The first-order valence-corrected chi connectivity index (χ1v) is 8.76. The van der Waals surface area contributed by atoms with Gasteiger partial charge >= 0.3 is 0 Å². The Labute approximate surface area is 161 Å². The summed E-state index contributed by atoms with van der Waals surface area (Å²) in [5.41, 5.74) is -0.128. The Morgan fingerprint density at radius 1 is 1.07 bits per heavy atom. The highest BCUT2D eigenvalue weighted by atomic mass is 16.5. The fraction of sp³-hybridized carbons (Fsp3) is 0.211. The molecule has 1 aromatic carbocycles. The van der Waals surface area contributed by atoms with Crippen LogP contribution in [0.5, 0.6) is 5.75 Å². The van der Waals surface area contributed by atoms with E-state index in [1.54, 1.807) is 18.6 Å². The number of hydrogen-bond acceptors (Lipinski definition) is 7. The molecule has 0 saturated carbocycles. The second-order valence-corrected chi connectivity index (χ2v) is 5.71. The molecule has 2 heterocycles. The maximum atomic E-state index is 12.2. The Hall–Kier alpha value is -3.75. The summed E-state index contributed by atoms with van der Waals surface area (Å²) in [7, 11) is 0. The van der Waals surface area contributed by atoms with E-state index >= 15 is 0 Å². The summed E-state index contributed by atoms with van der Waals surface area (Å²) < 4.78 is 6.79. The monoisotopic (exact) mass is 380 g/mol. The Morgan fingerprint density at radius 2 is 1.93 bits per heavy atom. The number of ether oxygens (including phenoxy) is 1. The van der Waals surface area contributed by atoms with Gasteiger partial charge in [0.25, 0.3) is 11.5 Å². The van der Waals surface area contributed by atoms with Gasteiger partial charge in [0.2, 0.25) is 0 Å². The SMILES string of the molecule is O=C(NCCNc1cnccn1)c1ccc(=O)n(CCOc2ccccc2)n1. The molecule has 28 heavy (non-hydrogen) atoms. The molecule has 0 fully saturated rings. The van der Waals surface area contributed by atoms with Gasteiger partial charge in [-0.3, -0.25) is 14.6 Å². The van der Waals surface area contributed by atoms with E-state index in [2.05, 4.69) is 25.7 Å². The van der Waals surface area contributed by atoms with Crippen molar-refractivity contribution in [3.8, 4) is 5.75 Å². The summed E-state index contributed by atoms with van der Waals surface area (Å²) in [6.45, 7) is 1.36. The molecule has 3 aromatic rings. The van der Waals surface area contributed by atoms with Crippen molar-refractivity contribution in [2.45, 2.75) is 6.54 Å². The van der Waals surface area contributed by atoms with Gasteiger partial charge in [-0.1, -0.05) is 18.2 Å². The van der Waals surface area contributed by atoms with Crippen molar-refractivity contribution in [3.05, 3.63) is 77.1 Å².